The van der Waals surface area contributed by atoms with Crippen molar-refractivity contribution >= 4 is 61.1 Å². The molecule has 0 radical (unpaired) electrons. The third-order valence-electron chi connectivity index (χ3n) is 13.4. The molecule has 1 atom stereocenters. The van der Waals surface area contributed by atoms with E-state index in [-0.39, 0.29) is 71.8 Å². The predicted octanol–water partition coefficient (Wildman–Crippen LogP) is 4.11. The number of aromatic nitrogens is 4. The van der Waals surface area contributed by atoms with Crippen molar-refractivity contribution in [2.24, 2.45) is 7.05 Å². The van der Waals surface area contributed by atoms with Crippen LogP contribution in [0.1, 0.15) is 57.1 Å². The van der Waals surface area contributed by atoms with E-state index in [0.717, 1.165) is 16.4 Å². The third-order valence-corrected chi connectivity index (χ3v) is 15.0. The molecule has 0 saturated carbocycles. The first-order valence-electron chi connectivity index (χ1n) is 21.8. The summed E-state index contributed by atoms with van der Waals surface area (Å²) in [7, 11) is -0.963. The summed E-state index contributed by atoms with van der Waals surface area (Å²) in [5.74, 6) is -1.93. The van der Waals surface area contributed by atoms with E-state index in [2.05, 4.69) is 25.0 Å². The minimum absolute atomic E-state index is 0.0399. The lowest BCUT2D eigenvalue weighted by Gasteiger charge is -2.45. The van der Waals surface area contributed by atoms with Gasteiger partial charge in [-0.25, -0.2) is 18.6 Å². The fraction of sp³-hybridized carbons (Fsp3) is 0.455. The number of benzene rings is 3. The number of halogens is 2. The minimum Gasteiger partial charge on any atom is -0.453 e. The minimum atomic E-state index is -4.04. The molecule has 3 amide bonds. The van der Waals surface area contributed by atoms with Crippen molar-refractivity contribution in [2.45, 2.75) is 62.7 Å². The summed E-state index contributed by atoms with van der Waals surface area (Å²) in [6.07, 6.45) is 4.39. The standard InChI is InChI=1S/C44H49F2N11O8S/c1-4-52(2)66(62,63)51-35-8-6-32(45)39(31(35)23-47)65-28-5-7-34-29(19-28)41(59)57(26-48-34)27-22-44(64-24-27)12-15-54(16-13-44)25-43(61)10-17-55(18-11-43)37-21-36-30(20-33(37)46)40(50-53(36)3)56-14-9-38(58)49-42(56)60/h5-8,19-21,26-27,51,61H,4,9-18,22,24-25H2,1-3H3,(H,49,58,60). The molecule has 6 heterocycles. The Kier molecular flexibility index (Phi) is 11.7. The van der Waals surface area contributed by atoms with Gasteiger partial charge >= 0.3 is 16.2 Å². The van der Waals surface area contributed by atoms with Crippen LogP contribution in [-0.4, -0.2) is 125 Å². The maximum atomic E-state index is 15.8. The molecule has 348 valence electrons. The van der Waals surface area contributed by atoms with Gasteiger partial charge in [-0.2, -0.15) is 23.1 Å². The second-order valence-electron chi connectivity index (χ2n) is 17.5. The highest BCUT2D eigenvalue weighted by molar-refractivity contribution is 7.90. The molecule has 0 aliphatic carbocycles. The number of ether oxygens (including phenoxy) is 2. The number of imide groups is 1. The first kappa shape index (κ1) is 44.9. The number of amides is 3. The van der Waals surface area contributed by atoms with E-state index < -0.39 is 44.8 Å². The van der Waals surface area contributed by atoms with Crippen LogP contribution in [0.4, 0.5) is 30.8 Å². The molecule has 1 spiro atoms. The maximum Gasteiger partial charge on any atom is 0.329 e. The van der Waals surface area contributed by atoms with Gasteiger partial charge in [0.25, 0.3) is 5.56 Å². The Balaban J connectivity index is 0.822. The highest BCUT2D eigenvalue weighted by Crippen LogP contribution is 2.42. The summed E-state index contributed by atoms with van der Waals surface area (Å²) in [6.45, 7) is 4.86. The number of nitrogens with one attached hydrogen (secondary N) is 2. The van der Waals surface area contributed by atoms with E-state index in [1.54, 1.807) is 30.8 Å². The average molecular weight is 930 g/mol. The zero-order valence-electron chi connectivity index (χ0n) is 36.6. The number of hydrogen-bond donors (Lipinski definition) is 3. The zero-order valence-corrected chi connectivity index (χ0v) is 37.4. The summed E-state index contributed by atoms with van der Waals surface area (Å²) >= 11 is 0. The molecular formula is C44H49F2N11O8S. The molecule has 2 aromatic heterocycles. The Morgan fingerprint density at radius 3 is 2.50 bits per heavy atom. The van der Waals surface area contributed by atoms with Gasteiger partial charge < -0.3 is 24.4 Å². The molecule has 4 aliphatic heterocycles. The first-order valence-corrected chi connectivity index (χ1v) is 23.2. The lowest BCUT2D eigenvalue weighted by Crippen LogP contribution is -2.54. The fourth-order valence-corrected chi connectivity index (χ4v) is 10.4. The Bertz CT molecular complexity index is 2980. The summed E-state index contributed by atoms with van der Waals surface area (Å²) in [6, 6.07) is 10.6. The monoisotopic (exact) mass is 929 g/mol. The number of aryl methyl sites for hydroxylation is 1. The molecular weight excluding hydrogens is 881 g/mol. The Hall–Kier alpha value is -6.25. The van der Waals surface area contributed by atoms with Gasteiger partial charge in [-0.05, 0) is 74.6 Å². The van der Waals surface area contributed by atoms with Crippen LogP contribution in [0.2, 0.25) is 0 Å². The van der Waals surface area contributed by atoms with E-state index in [1.165, 1.54) is 41.0 Å². The molecule has 3 aromatic carbocycles. The number of fused-ring (bicyclic) bond motifs is 2. The van der Waals surface area contributed by atoms with E-state index in [1.807, 2.05) is 11.0 Å². The number of likely N-dealkylation sites (tertiary alicyclic amines) is 1. The molecule has 0 bridgehead atoms. The van der Waals surface area contributed by atoms with Crippen molar-refractivity contribution in [3.8, 4) is 17.6 Å². The largest absolute Gasteiger partial charge is 0.453 e. The van der Waals surface area contributed by atoms with E-state index in [0.29, 0.717) is 86.9 Å². The molecule has 5 aromatic rings. The molecule has 1 unspecified atom stereocenters. The Labute approximate surface area is 378 Å². The molecule has 22 heteroatoms. The van der Waals surface area contributed by atoms with Crippen molar-refractivity contribution in [1.29, 1.82) is 5.26 Å². The maximum absolute atomic E-state index is 15.8. The van der Waals surface area contributed by atoms with Crippen molar-refractivity contribution in [1.82, 2.24) is 33.9 Å². The van der Waals surface area contributed by atoms with Crippen LogP contribution in [0, 0.1) is 23.0 Å². The number of rotatable bonds is 11. The van der Waals surface area contributed by atoms with Gasteiger partial charge in [0, 0.05) is 71.7 Å². The van der Waals surface area contributed by atoms with Crippen LogP contribution in [0.3, 0.4) is 0 Å². The van der Waals surface area contributed by atoms with Gasteiger partial charge in [-0.3, -0.25) is 33.8 Å². The number of aliphatic hydroxyl groups is 1. The van der Waals surface area contributed by atoms with Crippen molar-refractivity contribution < 1.29 is 41.4 Å². The quantitative estimate of drug-likeness (QED) is 0.170. The number of carbonyl (C=O) groups excluding carboxylic acids is 2. The van der Waals surface area contributed by atoms with E-state index in [9.17, 15) is 33.2 Å². The van der Waals surface area contributed by atoms with Crippen LogP contribution < -0.4 is 30.1 Å². The van der Waals surface area contributed by atoms with Crippen molar-refractivity contribution in [2.75, 3.05) is 74.0 Å². The van der Waals surface area contributed by atoms with E-state index in [4.69, 9.17) is 9.47 Å². The number of nitrogens with zero attached hydrogens (tertiary/aromatic N) is 9. The fourth-order valence-electron chi connectivity index (χ4n) is 9.46. The number of anilines is 3. The zero-order chi connectivity index (χ0) is 46.7. The smallest absolute Gasteiger partial charge is 0.329 e. The Morgan fingerprint density at radius 1 is 1.03 bits per heavy atom. The normalized spacial score (nSPS) is 20.1. The average Bonchev–Trinajstić information content (AvgIpc) is 3.85. The number of piperidine rings is 2. The molecule has 19 nitrogen and oxygen atoms in total. The molecule has 9 rings (SSSR count). The van der Waals surface area contributed by atoms with Gasteiger partial charge in [-0.15, -0.1) is 0 Å². The molecule has 3 N–H and O–H groups in total. The lowest BCUT2D eigenvalue weighted by molar-refractivity contribution is -0.120. The summed E-state index contributed by atoms with van der Waals surface area (Å²) < 4.78 is 75.0. The van der Waals surface area contributed by atoms with E-state index >= 15 is 8.78 Å². The van der Waals surface area contributed by atoms with Crippen LogP contribution in [0.5, 0.6) is 11.5 Å². The van der Waals surface area contributed by atoms with Crippen molar-refractivity contribution in [3.05, 3.63) is 76.3 Å². The van der Waals surface area contributed by atoms with Gasteiger partial charge in [-0.1, -0.05) is 6.92 Å². The highest BCUT2D eigenvalue weighted by atomic mass is 32.2. The topological polar surface area (TPSA) is 220 Å². The van der Waals surface area contributed by atoms with Gasteiger partial charge in [0.15, 0.2) is 17.4 Å². The van der Waals surface area contributed by atoms with Crippen LogP contribution in [0.25, 0.3) is 21.8 Å². The first-order chi connectivity index (χ1) is 31.5. The second kappa shape index (κ2) is 17.2. The number of nitriles is 1. The molecule has 4 saturated heterocycles. The van der Waals surface area contributed by atoms with Crippen LogP contribution >= 0.6 is 0 Å². The second-order valence-corrected chi connectivity index (χ2v) is 19.3. The molecule has 4 fully saturated rings. The highest BCUT2D eigenvalue weighted by Gasteiger charge is 2.45. The summed E-state index contributed by atoms with van der Waals surface area (Å²) in [5.41, 5.74) is -0.980. The number of β-amino-alcohol motifs (C(OH)–C–C–N with tert-alkyl or cyclic N) is 1. The number of urea groups is 1. The SMILES string of the molecule is CCN(C)S(=O)(=O)Nc1ccc(F)c(Oc2ccc3ncn(C4COC5(CCN(CC6(O)CCN(c7cc8c(cc7F)c(N7CCC(=O)NC7=O)nn8C)CC6)CC5)C4)c(=O)c3c2)c1C#N. The van der Waals surface area contributed by atoms with Crippen LogP contribution in [0.15, 0.2) is 53.6 Å². The molecule has 66 heavy (non-hydrogen) atoms. The number of carbonyl (C=O) groups is 2. The van der Waals surface area contributed by atoms with Crippen LogP contribution in [-0.2, 0) is 26.8 Å². The van der Waals surface area contributed by atoms with Gasteiger partial charge in [0.05, 0.1) is 58.0 Å². The molecule has 4 aliphatic rings. The lowest BCUT2D eigenvalue weighted by atomic mass is 9.85. The van der Waals surface area contributed by atoms with Crippen molar-refractivity contribution in [3.63, 3.8) is 0 Å². The summed E-state index contributed by atoms with van der Waals surface area (Å²) in [4.78, 5) is 48.2. The van der Waals surface area contributed by atoms with Gasteiger partial charge in [0.2, 0.25) is 5.91 Å². The predicted molar refractivity (Wildman–Crippen MR) is 239 cm³/mol. The van der Waals surface area contributed by atoms with Gasteiger partial charge in [0.1, 0.15) is 23.2 Å². The third kappa shape index (κ3) is 8.41. The summed E-state index contributed by atoms with van der Waals surface area (Å²) in [5, 5.41) is 29.1. The Morgan fingerprint density at radius 2 is 1.79 bits per heavy atom. The number of hydrogen-bond acceptors (Lipinski definition) is 13.